The first-order valence-corrected chi connectivity index (χ1v) is 6.96. The number of carbonyl (C=O) groups excluding carboxylic acids is 1. The summed E-state index contributed by atoms with van der Waals surface area (Å²) in [6, 6.07) is 4.00. The third-order valence-corrected chi connectivity index (χ3v) is 3.86. The summed E-state index contributed by atoms with van der Waals surface area (Å²) in [5.74, 6) is 0.0338. The van der Waals surface area contributed by atoms with Crippen molar-refractivity contribution in [2.75, 3.05) is 6.54 Å². The summed E-state index contributed by atoms with van der Waals surface area (Å²) >= 11 is 0. The number of hydrogen-bond donors (Lipinski definition) is 1. The van der Waals surface area contributed by atoms with Crippen LogP contribution in [-0.2, 0) is 6.54 Å². The molecule has 1 amide bonds. The lowest BCUT2D eigenvalue weighted by Gasteiger charge is -2.24. The van der Waals surface area contributed by atoms with Crippen LogP contribution in [0.1, 0.15) is 34.7 Å². The molecule has 0 aromatic carbocycles. The van der Waals surface area contributed by atoms with Gasteiger partial charge in [0.25, 0.3) is 5.91 Å². The lowest BCUT2D eigenvalue weighted by atomic mass is 10.2. The normalized spacial score (nSPS) is 18.7. The fourth-order valence-corrected chi connectivity index (χ4v) is 2.88. The van der Waals surface area contributed by atoms with Gasteiger partial charge in [-0.05, 0) is 38.8 Å². The Hall–Kier alpha value is -2.11. The highest BCUT2D eigenvalue weighted by molar-refractivity contribution is 5.92. The molecule has 1 fully saturated rings. The summed E-state index contributed by atoms with van der Waals surface area (Å²) < 4.78 is 2.00. The van der Waals surface area contributed by atoms with E-state index in [0.717, 1.165) is 37.3 Å². The first kappa shape index (κ1) is 12.9. The molecular weight excluding hydrogens is 254 g/mol. The molecule has 0 spiro atoms. The number of hydrogen-bond acceptors (Lipinski definition) is 3. The van der Waals surface area contributed by atoms with Crippen LogP contribution in [0.15, 0.2) is 18.3 Å². The Kier molecular flexibility index (Phi) is 3.30. The third kappa shape index (κ3) is 2.33. The number of aromatic nitrogens is 4. The van der Waals surface area contributed by atoms with Gasteiger partial charge in [-0.3, -0.25) is 14.6 Å². The number of rotatable bonds is 3. The van der Waals surface area contributed by atoms with Gasteiger partial charge in [0.05, 0.1) is 18.3 Å². The number of H-pyrrole nitrogens is 1. The van der Waals surface area contributed by atoms with Crippen molar-refractivity contribution in [3.8, 4) is 0 Å². The summed E-state index contributed by atoms with van der Waals surface area (Å²) in [5, 5.41) is 11.1. The van der Waals surface area contributed by atoms with Crippen molar-refractivity contribution >= 4 is 5.91 Å². The molecule has 6 heteroatoms. The number of carbonyl (C=O) groups is 1. The second kappa shape index (κ2) is 5.11. The molecule has 1 saturated heterocycles. The second-order valence-electron chi connectivity index (χ2n) is 5.37. The summed E-state index contributed by atoms with van der Waals surface area (Å²) in [6.07, 6.45) is 3.68. The Bertz CT molecular complexity index is 601. The van der Waals surface area contributed by atoms with Gasteiger partial charge in [0.15, 0.2) is 0 Å². The number of amides is 1. The van der Waals surface area contributed by atoms with Gasteiger partial charge in [0.2, 0.25) is 0 Å². The average molecular weight is 273 g/mol. The number of nitrogens with zero attached hydrogens (tertiary/aromatic N) is 4. The van der Waals surface area contributed by atoms with Crippen molar-refractivity contribution in [2.24, 2.45) is 0 Å². The van der Waals surface area contributed by atoms with E-state index in [2.05, 4.69) is 28.3 Å². The summed E-state index contributed by atoms with van der Waals surface area (Å²) in [7, 11) is 0. The van der Waals surface area contributed by atoms with Crippen LogP contribution in [0.3, 0.4) is 0 Å². The van der Waals surface area contributed by atoms with Crippen molar-refractivity contribution < 1.29 is 4.79 Å². The van der Waals surface area contributed by atoms with E-state index in [-0.39, 0.29) is 11.9 Å². The van der Waals surface area contributed by atoms with Crippen molar-refractivity contribution in [1.82, 2.24) is 24.9 Å². The van der Waals surface area contributed by atoms with Crippen LogP contribution < -0.4 is 0 Å². The highest BCUT2D eigenvalue weighted by atomic mass is 16.2. The molecule has 1 aliphatic rings. The van der Waals surface area contributed by atoms with E-state index in [1.54, 1.807) is 12.3 Å². The van der Waals surface area contributed by atoms with Gasteiger partial charge in [-0.15, -0.1) is 0 Å². The largest absolute Gasteiger partial charge is 0.332 e. The lowest BCUT2D eigenvalue weighted by molar-refractivity contribution is 0.0715. The zero-order valence-electron chi connectivity index (χ0n) is 11.8. The summed E-state index contributed by atoms with van der Waals surface area (Å²) in [4.78, 5) is 14.4. The van der Waals surface area contributed by atoms with E-state index in [4.69, 9.17) is 0 Å². The topological polar surface area (TPSA) is 66.8 Å². The smallest absolute Gasteiger partial charge is 0.272 e. The number of aromatic amines is 1. The highest BCUT2D eigenvalue weighted by Crippen LogP contribution is 2.21. The minimum atomic E-state index is 0.0338. The maximum Gasteiger partial charge on any atom is 0.272 e. The SMILES string of the molecule is Cc1cc(C)n(CC2CCCN2C(=O)c2ccn[nH]2)n1. The van der Waals surface area contributed by atoms with E-state index in [9.17, 15) is 4.79 Å². The quantitative estimate of drug-likeness (QED) is 0.922. The minimum Gasteiger partial charge on any atom is -0.332 e. The molecule has 20 heavy (non-hydrogen) atoms. The van der Waals surface area contributed by atoms with Crippen LogP contribution in [0.25, 0.3) is 0 Å². The lowest BCUT2D eigenvalue weighted by Crippen LogP contribution is -2.38. The van der Waals surface area contributed by atoms with E-state index >= 15 is 0 Å². The maximum absolute atomic E-state index is 12.4. The van der Waals surface area contributed by atoms with Gasteiger partial charge in [-0.25, -0.2) is 0 Å². The molecule has 1 unspecified atom stereocenters. The van der Waals surface area contributed by atoms with Crippen molar-refractivity contribution in [3.05, 3.63) is 35.4 Å². The third-order valence-electron chi connectivity index (χ3n) is 3.86. The Morgan fingerprint density at radius 3 is 3.00 bits per heavy atom. The second-order valence-corrected chi connectivity index (χ2v) is 5.37. The van der Waals surface area contributed by atoms with Gasteiger partial charge in [0, 0.05) is 18.4 Å². The fourth-order valence-electron chi connectivity index (χ4n) is 2.88. The van der Waals surface area contributed by atoms with Gasteiger partial charge >= 0.3 is 0 Å². The fraction of sp³-hybridized carbons (Fsp3) is 0.500. The molecular formula is C14H19N5O. The van der Waals surface area contributed by atoms with Crippen LogP contribution >= 0.6 is 0 Å². The van der Waals surface area contributed by atoms with Gasteiger partial charge in [-0.1, -0.05) is 0 Å². The van der Waals surface area contributed by atoms with E-state index in [1.165, 1.54) is 0 Å². The molecule has 0 bridgehead atoms. The van der Waals surface area contributed by atoms with Crippen molar-refractivity contribution in [1.29, 1.82) is 0 Å². The molecule has 3 rings (SSSR count). The number of aryl methyl sites for hydroxylation is 2. The molecule has 6 nitrogen and oxygen atoms in total. The monoisotopic (exact) mass is 273 g/mol. The van der Waals surface area contributed by atoms with Crippen molar-refractivity contribution in [3.63, 3.8) is 0 Å². The van der Waals surface area contributed by atoms with Crippen LogP contribution in [0.4, 0.5) is 0 Å². The summed E-state index contributed by atoms with van der Waals surface area (Å²) in [5.41, 5.74) is 2.72. The zero-order chi connectivity index (χ0) is 14.1. The molecule has 0 saturated carbocycles. The predicted octanol–water partition coefficient (Wildman–Crippen LogP) is 1.53. The standard InChI is InChI=1S/C14H19N5O/c1-10-8-11(2)19(17-10)9-12-4-3-7-18(12)14(20)13-5-6-15-16-13/h5-6,8,12H,3-4,7,9H2,1-2H3,(H,15,16). The van der Waals surface area contributed by atoms with Gasteiger partial charge < -0.3 is 4.90 Å². The minimum absolute atomic E-state index is 0.0338. The van der Waals surface area contributed by atoms with Crippen LogP contribution in [0, 0.1) is 13.8 Å². The molecule has 3 heterocycles. The number of likely N-dealkylation sites (tertiary alicyclic amines) is 1. The first-order valence-electron chi connectivity index (χ1n) is 6.96. The first-order chi connectivity index (χ1) is 9.65. The molecule has 2 aromatic heterocycles. The van der Waals surface area contributed by atoms with Gasteiger partial charge in [0.1, 0.15) is 5.69 Å². The number of nitrogens with one attached hydrogen (secondary N) is 1. The zero-order valence-corrected chi connectivity index (χ0v) is 11.8. The molecule has 0 aliphatic carbocycles. The van der Waals surface area contributed by atoms with E-state index in [0.29, 0.717) is 5.69 Å². The Labute approximate surface area is 117 Å². The Morgan fingerprint density at radius 1 is 1.50 bits per heavy atom. The van der Waals surface area contributed by atoms with Crippen molar-refractivity contribution in [2.45, 2.75) is 39.3 Å². The highest BCUT2D eigenvalue weighted by Gasteiger charge is 2.30. The van der Waals surface area contributed by atoms with Crippen LogP contribution in [0.2, 0.25) is 0 Å². The Balaban J connectivity index is 1.76. The van der Waals surface area contributed by atoms with Crippen LogP contribution in [-0.4, -0.2) is 43.4 Å². The summed E-state index contributed by atoms with van der Waals surface area (Å²) in [6.45, 7) is 5.61. The molecule has 106 valence electrons. The molecule has 1 aliphatic heterocycles. The Morgan fingerprint density at radius 2 is 2.35 bits per heavy atom. The molecule has 1 N–H and O–H groups in total. The predicted molar refractivity (Wildman–Crippen MR) is 74.3 cm³/mol. The van der Waals surface area contributed by atoms with Crippen LogP contribution in [0.5, 0.6) is 0 Å². The maximum atomic E-state index is 12.4. The average Bonchev–Trinajstić information content (AvgIpc) is 3.12. The van der Waals surface area contributed by atoms with E-state index < -0.39 is 0 Å². The molecule has 1 atom stereocenters. The van der Waals surface area contributed by atoms with E-state index in [1.807, 2.05) is 16.5 Å². The van der Waals surface area contributed by atoms with Gasteiger partial charge in [-0.2, -0.15) is 10.2 Å². The molecule has 2 aromatic rings. The molecule has 0 radical (unpaired) electrons.